The van der Waals surface area contributed by atoms with Crippen LogP contribution in [0.3, 0.4) is 0 Å². The predicted octanol–water partition coefficient (Wildman–Crippen LogP) is 2.79. The number of hydrogen-bond acceptors (Lipinski definition) is 3. The van der Waals surface area contributed by atoms with Gasteiger partial charge in [-0.15, -0.1) is 0 Å². The fourth-order valence-electron chi connectivity index (χ4n) is 4.60. The van der Waals surface area contributed by atoms with Crippen LogP contribution in [0, 0.1) is 35.5 Å². The van der Waals surface area contributed by atoms with E-state index in [0.717, 1.165) is 12.2 Å². The Kier molecular flexibility index (Phi) is 3.59. The number of anilines is 1. The van der Waals surface area contributed by atoms with Gasteiger partial charge in [-0.05, 0) is 61.3 Å². The van der Waals surface area contributed by atoms with Crippen LogP contribution in [0.5, 0.6) is 5.75 Å². The van der Waals surface area contributed by atoms with Crippen LogP contribution in [0.1, 0.15) is 13.3 Å². The Hall–Kier alpha value is -2.30. The highest BCUT2D eigenvalue weighted by Gasteiger charge is 2.62. The molecule has 2 bridgehead atoms. The fraction of sp³-hybridized carbons (Fsp3) is 0.474. The van der Waals surface area contributed by atoms with Gasteiger partial charge in [0.2, 0.25) is 5.91 Å². The van der Waals surface area contributed by atoms with Crippen LogP contribution in [0.15, 0.2) is 36.4 Å². The largest absolute Gasteiger partial charge is 0.494 e. The fourth-order valence-corrected chi connectivity index (χ4v) is 4.60. The molecular weight excluding hydrogens is 306 g/mol. The van der Waals surface area contributed by atoms with Crippen LogP contribution in [0.25, 0.3) is 0 Å². The lowest BCUT2D eigenvalue weighted by Gasteiger charge is -2.41. The first-order chi connectivity index (χ1) is 11.6. The molecule has 4 aliphatic carbocycles. The molecule has 2 N–H and O–H groups in total. The number of nitrogens with one attached hydrogen (secondary N) is 1. The van der Waals surface area contributed by atoms with Crippen molar-refractivity contribution in [2.75, 3.05) is 11.9 Å². The molecule has 0 aliphatic heterocycles. The van der Waals surface area contributed by atoms with E-state index in [0.29, 0.717) is 24.1 Å². The molecule has 0 heterocycles. The van der Waals surface area contributed by atoms with Crippen LogP contribution in [0.2, 0.25) is 0 Å². The molecule has 5 heteroatoms. The van der Waals surface area contributed by atoms with E-state index >= 15 is 0 Å². The summed E-state index contributed by atoms with van der Waals surface area (Å²) in [5, 5.41) is 12.5. The van der Waals surface area contributed by atoms with E-state index in [-0.39, 0.29) is 17.7 Å². The van der Waals surface area contributed by atoms with E-state index in [1.54, 1.807) is 24.3 Å². The number of ether oxygens (including phenoxy) is 1. The van der Waals surface area contributed by atoms with Crippen molar-refractivity contribution in [2.24, 2.45) is 35.5 Å². The van der Waals surface area contributed by atoms with Crippen molar-refractivity contribution in [1.29, 1.82) is 0 Å². The van der Waals surface area contributed by atoms with Crippen molar-refractivity contribution in [3.05, 3.63) is 36.4 Å². The molecule has 0 radical (unpaired) electrons. The molecule has 0 saturated heterocycles. The second-order valence-corrected chi connectivity index (χ2v) is 6.94. The topological polar surface area (TPSA) is 75.6 Å². The Morgan fingerprint density at radius 2 is 1.75 bits per heavy atom. The molecule has 5 rings (SSSR count). The van der Waals surface area contributed by atoms with Gasteiger partial charge in [-0.2, -0.15) is 0 Å². The number of amides is 1. The zero-order valence-corrected chi connectivity index (χ0v) is 13.5. The smallest absolute Gasteiger partial charge is 0.307 e. The molecular formula is C19H21NO4. The van der Waals surface area contributed by atoms with Gasteiger partial charge >= 0.3 is 5.97 Å². The third-order valence-corrected chi connectivity index (χ3v) is 5.67. The van der Waals surface area contributed by atoms with Crippen molar-refractivity contribution in [2.45, 2.75) is 13.3 Å². The molecule has 2 fully saturated rings. The van der Waals surface area contributed by atoms with Crippen molar-refractivity contribution >= 4 is 17.6 Å². The number of rotatable bonds is 5. The van der Waals surface area contributed by atoms with Gasteiger partial charge in [0.05, 0.1) is 18.4 Å². The summed E-state index contributed by atoms with van der Waals surface area (Å²) in [5.41, 5.74) is 0.672. The minimum atomic E-state index is -0.855. The second-order valence-electron chi connectivity index (χ2n) is 6.94. The minimum Gasteiger partial charge on any atom is -0.494 e. The summed E-state index contributed by atoms with van der Waals surface area (Å²) in [4.78, 5) is 24.6. The SMILES string of the molecule is CCOc1ccc(NC(=O)[C@@H]2[C@H]3C=C[C@H]([C@H]4C[C@H]34)[C@@H]2C(=O)O)cc1. The van der Waals surface area contributed by atoms with Gasteiger partial charge in [0, 0.05) is 5.69 Å². The van der Waals surface area contributed by atoms with Gasteiger partial charge < -0.3 is 15.2 Å². The summed E-state index contributed by atoms with van der Waals surface area (Å²) >= 11 is 0. The average molecular weight is 327 g/mol. The van der Waals surface area contributed by atoms with Crippen LogP contribution in [0.4, 0.5) is 5.69 Å². The molecule has 1 aromatic rings. The van der Waals surface area contributed by atoms with Gasteiger partial charge in [0.25, 0.3) is 0 Å². The second kappa shape index (κ2) is 5.65. The van der Waals surface area contributed by atoms with Crippen LogP contribution in [-0.4, -0.2) is 23.6 Å². The van der Waals surface area contributed by atoms with E-state index in [1.807, 2.05) is 13.0 Å². The number of carboxylic acid groups (broad SMARTS) is 1. The van der Waals surface area contributed by atoms with E-state index in [9.17, 15) is 14.7 Å². The van der Waals surface area contributed by atoms with Crippen LogP contribution < -0.4 is 10.1 Å². The Balaban J connectivity index is 1.53. The molecule has 4 aliphatic rings. The Morgan fingerprint density at radius 1 is 1.12 bits per heavy atom. The molecule has 0 unspecified atom stereocenters. The van der Waals surface area contributed by atoms with Gasteiger partial charge in [-0.25, -0.2) is 0 Å². The van der Waals surface area contributed by atoms with E-state index in [2.05, 4.69) is 11.4 Å². The molecule has 6 atom stereocenters. The van der Waals surface area contributed by atoms with E-state index in [1.165, 1.54) is 0 Å². The molecule has 5 nitrogen and oxygen atoms in total. The highest BCUT2D eigenvalue weighted by atomic mass is 16.5. The summed E-state index contributed by atoms with van der Waals surface area (Å²) in [6, 6.07) is 7.18. The summed E-state index contributed by atoms with van der Waals surface area (Å²) in [7, 11) is 0. The molecule has 126 valence electrons. The molecule has 0 aromatic heterocycles. The summed E-state index contributed by atoms with van der Waals surface area (Å²) in [5.74, 6) is -0.346. The summed E-state index contributed by atoms with van der Waals surface area (Å²) in [6.07, 6.45) is 5.15. The van der Waals surface area contributed by atoms with Crippen LogP contribution in [-0.2, 0) is 9.59 Å². The first kappa shape index (κ1) is 15.2. The maximum atomic E-state index is 12.8. The number of fused-ring (bicyclic) bond motifs is 1. The lowest BCUT2D eigenvalue weighted by atomic mass is 9.62. The Morgan fingerprint density at radius 3 is 2.33 bits per heavy atom. The maximum Gasteiger partial charge on any atom is 0.307 e. The van der Waals surface area contributed by atoms with Crippen molar-refractivity contribution in [3.8, 4) is 5.75 Å². The van der Waals surface area contributed by atoms with Gasteiger partial charge in [-0.1, -0.05) is 12.2 Å². The average Bonchev–Trinajstić information content (AvgIpc) is 3.38. The first-order valence-electron chi connectivity index (χ1n) is 8.55. The highest BCUT2D eigenvalue weighted by Crippen LogP contribution is 2.63. The van der Waals surface area contributed by atoms with Gasteiger partial charge in [-0.3, -0.25) is 9.59 Å². The normalized spacial score (nSPS) is 35.2. The maximum absolute atomic E-state index is 12.8. The number of carboxylic acids is 1. The van der Waals surface area contributed by atoms with Gasteiger partial charge in [0.15, 0.2) is 0 Å². The van der Waals surface area contributed by atoms with Crippen molar-refractivity contribution < 1.29 is 19.4 Å². The van der Waals surface area contributed by atoms with Gasteiger partial charge in [0.1, 0.15) is 5.75 Å². The number of carbonyl (C=O) groups is 2. The Bertz CT molecular complexity index is 696. The predicted molar refractivity (Wildman–Crippen MR) is 88.6 cm³/mol. The zero-order chi connectivity index (χ0) is 16.8. The van der Waals surface area contributed by atoms with Crippen molar-refractivity contribution in [1.82, 2.24) is 0 Å². The summed E-state index contributed by atoms with van der Waals surface area (Å²) in [6.45, 7) is 2.50. The monoisotopic (exact) mass is 327 g/mol. The molecule has 24 heavy (non-hydrogen) atoms. The minimum absolute atomic E-state index is 0.00794. The van der Waals surface area contributed by atoms with E-state index in [4.69, 9.17) is 4.74 Å². The molecule has 1 aromatic carbocycles. The molecule has 1 amide bonds. The highest BCUT2D eigenvalue weighted by molar-refractivity contribution is 5.96. The Labute approximate surface area is 140 Å². The molecule has 2 saturated carbocycles. The number of carbonyl (C=O) groups excluding carboxylic acids is 1. The number of allylic oxidation sites excluding steroid dienone is 2. The standard InChI is InChI=1S/C19H21NO4/c1-2-24-11-5-3-10(4-6-11)20-18(21)16-12-7-8-13(15-9-14(12)15)17(16)19(22)23/h3-8,12-17H,2,9H2,1H3,(H,20,21)(H,22,23)/t12-,13+,14+,15+,16+,17-/m0/s1. The van der Waals surface area contributed by atoms with Crippen LogP contribution >= 0.6 is 0 Å². The lowest BCUT2D eigenvalue weighted by Crippen LogP contribution is -2.48. The molecule has 0 spiro atoms. The number of benzene rings is 1. The number of hydrogen-bond donors (Lipinski definition) is 2. The van der Waals surface area contributed by atoms with E-state index < -0.39 is 17.8 Å². The third kappa shape index (κ3) is 2.39. The quantitative estimate of drug-likeness (QED) is 0.816. The third-order valence-electron chi connectivity index (χ3n) is 5.67. The zero-order valence-electron chi connectivity index (χ0n) is 13.5. The lowest BCUT2D eigenvalue weighted by molar-refractivity contribution is -0.152. The van der Waals surface area contributed by atoms with Crippen molar-refractivity contribution in [3.63, 3.8) is 0 Å². The first-order valence-corrected chi connectivity index (χ1v) is 8.55. The summed E-state index contributed by atoms with van der Waals surface area (Å²) < 4.78 is 5.39. The number of aliphatic carboxylic acids is 1.